The first-order valence-corrected chi connectivity index (χ1v) is 6.56. The summed E-state index contributed by atoms with van der Waals surface area (Å²) in [5.41, 5.74) is 0.426. The van der Waals surface area contributed by atoms with Gasteiger partial charge in [-0.1, -0.05) is 20.8 Å². The Bertz CT molecular complexity index is 323. The van der Waals surface area contributed by atoms with Crippen LogP contribution in [0.1, 0.15) is 47.0 Å². The number of carbonyl (C=O) groups excluding carboxylic acids is 1. The van der Waals surface area contributed by atoms with E-state index in [1.54, 1.807) is 14.0 Å². The molecule has 2 aliphatic carbocycles. The van der Waals surface area contributed by atoms with E-state index in [1.807, 2.05) is 0 Å². The predicted octanol–water partition coefficient (Wildman–Crippen LogP) is 2.78. The molecule has 2 rings (SSSR count). The molecule has 0 aromatic carbocycles. The smallest absolute Gasteiger partial charge is 0.335 e. The van der Waals surface area contributed by atoms with Crippen molar-refractivity contribution in [2.45, 2.75) is 59.2 Å². The molecule has 3 nitrogen and oxygen atoms in total. The molecule has 0 spiro atoms. The van der Waals surface area contributed by atoms with E-state index in [2.05, 4.69) is 20.8 Å². The molecule has 4 atom stereocenters. The summed E-state index contributed by atoms with van der Waals surface area (Å²) in [4.78, 5) is 11.8. The van der Waals surface area contributed by atoms with Crippen LogP contribution in [0.2, 0.25) is 0 Å². The molecule has 0 saturated heterocycles. The Hall–Kier alpha value is -0.570. The minimum absolute atomic E-state index is 0.0707. The molecule has 2 aliphatic rings. The first kappa shape index (κ1) is 12.9. The number of rotatable bonds is 3. The number of hydrogen-bond donors (Lipinski definition) is 0. The summed E-state index contributed by atoms with van der Waals surface area (Å²) in [5.74, 6) is 0.477. The van der Waals surface area contributed by atoms with Crippen molar-refractivity contribution < 1.29 is 14.3 Å². The Morgan fingerprint density at radius 3 is 2.41 bits per heavy atom. The monoisotopic (exact) mass is 240 g/mol. The lowest BCUT2D eigenvalue weighted by molar-refractivity contribution is -0.167. The van der Waals surface area contributed by atoms with Crippen molar-refractivity contribution in [3.63, 3.8) is 0 Å². The van der Waals surface area contributed by atoms with Gasteiger partial charge in [-0.05, 0) is 37.5 Å². The van der Waals surface area contributed by atoms with E-state index in [9.17, 15) is 4.79 Å². The van der Waals surface area contributed by atoms with Gasteiger partial charge in [0.05, 0.1) is 0 Å². The highest BCUT2D eigenvalue weighted by Crippen LogP contribution is 2.66. The van der Waals surface area contributed by atoms with Gasteiger partial charge < -0.3 is 9.47 Å². The van der Waals surface area contributed by atoms with Gasteiger partial charge in [-0.15, -0.1) is 0 Å². The molecule has 98 valence electrons. The summed E-state index contributed by atoms with van der Waals surface area (Å²) < 4.78 is 10.7. The molecule has 2 fully saturated rings. The normalized spacial score (nSPS) is 40.3. The van der Waals surface area contributed by atoms with Crippen LogP contribution in [0.25, 0.3) is 0 Å². The van der Waals surface area contributed by atoms with E-state index < -0.39 is 6.10 Å². The summed E-state index contributed by atoms with van der Waals surface area (Å²) in [5, 5.41) is 0. The van der Waals surface area contributed by atoms with E-state index in [0.29, 0.717) is 5.92 Å². The molecule has 2 bridgehead atoms. The van der Waals surface area contributed by atoms with Gasteiger partial charge in [0.15, 0.2) is 6.10 Å². The van der Waals surface area contributed by atoms with Crippen molar-refractivity contribution in [1.29, 1.82) is 0 Å². The zero-order valence-electron chi connectivity index (χ0n) is 11.6. The van der Waals surface area contributed by atoms with Crippen LogP contribution in [0.3, 0.4) is 0 Å². The number of ether oxygens (including phenoxy) is 2. The average molecular weight is 240 g/mol. The molecular weight excluding hydrogens is 216 g/mol. The minimum atomic E-state index is -0.458. The van der Waals surface area contributed by atoms with Gasteiger partial charge in [-0.3, -0.25) is 0 Å². The number of esters is 1. The van der Waals surface area contributed by atoms with Gasteiger partial charge in [-0.2, -0.15) is 0 Å². The lowest BCUT2D eigenvalue weighted by atomic mass is 9.70. The lowest BCUT2D eigenvalue weighted by Crippen LogP contribution is -2.40. The van der Waals surface area contributed by atoms with Gasteiger partial charge in [-0.25, -0.2) is 4.79 Å². The van der Waals surface area contributed by atoms with Crippen LogP contribution in [0.15, 0.2) is 0 Å². The van der Waals surface area contributed by atoms with Crippen molar-refractivity contribution in [2.24, 2.45) is 16.7 Å². The van der Waals surface area contributed by atoms with Gasteiger partial charge in [0.25, 0.3) is 0 Å². The molecule has 2 saturated carbocycles. The Kier molecular flexibility index (Phi) is 3.01. The number of carbonyl (C=O) groups is 1. The topological polar surface area (TPSA) is 35.5 Å². The SMILES string of the molecule is COC(C)C(=O)OC1CC2CCC1(C)C2(C)C. The second kappa shape index (κ2) is 3.98. The predicted molar refractivity (Wildman–Crippen MR) is 65.6 cm³/mol. The lowest BCUT2D eigenvalue weighted by Gasteiger charge is -2.38. The third-order valence-corrected chi connectivity index (χ3v) is 5.66. The molecule has 3 heteroatoms. The molecule has 0 aromatic rings. The Labute approximate surface area is 104 Å². The fraction of sp³-hybridized carbons (Fsp3) is 0.929. The third-order valence-electron chi connectivity index (χ3n) is 5.66. The van der Waals surface area contributed by atoms with E-state index >= 15 is 0 Å². The fourth-order valence-electron chi connectivity index (χ4n) is 3.64. The van der Waals surface area contributed by atoms with Gasteiger partial charge in [0.1, 0.15) is 6.10 Å². The second-order valence-electron chi connectivity index (χ2n) is 6.41. The number of fused-ring (bicyclic) bond motifs is 2. The van der Waals surface area contributed by atoms with Crippen molar-refractivity contribution >= 4 is 5.97 Å². The first-order valence-electron chi connectivity index (χ1n) is 6.56. The van der Waals surface area contributed by atoms with Crippen LogP contribution in [0.5, 0.6) is 0 Å². The summed E-state index contributed by atoms with van der Waals surface area (Å²) in [6.45, 7) is 8.65. The molecule has 4 unspecified atom stereocenters. The first-order chi connectivity index (χ1) is 7.83. The van der Waals surface area contributed by atoms with Crippen molar-refractivity contribution in [1.82, 2.24) is 0 Å². The maximum Gasteiger partial charge on any atom is 0.335 e. The maximum absolute atomic E-state index is 11.8. The average Bonchev–Trinajstić information content (AvgIpc) is 2.60. The van der Waals surface area contributed by atoms with Crippen LogP contribution in [-0.2, 0) is 14.3 Å². The Morgan fingerprint density at radius 2 is 2.00 bits per heavy atom. The molecule has 0 radical (unpaired) electrons. The van der Waals surface area contributed by atoms with Crippen molar-refractivity contribution in [2.75, 3.05) is 7.11 Å². The van der Waals surface area contributed by atoms with Gasteiger partial charge >= 0.3 is 5.97 Å². The van der Waals surface area contributed by atoms with E-state index in [1.165, 1.54) is 12.8 Å². The fourth-order valence-corrected chi connectivity index (χ4v) is 3.64. The summed E-state index contributed by atoms with van der Waals surface area (Å²) >= 11 is 0. The minimum Gasteiger partial charge on any atom is -0.460 e. The quantitative estimate of drug-likeness (QED) is 0.712. The van der Waals surface area contributed by atoms with E-state index in [4.69, 9.17) is 9.47 Å². The van der Waals surface area contributed by atoms with Crippen LogP contribution in [-0.4, -0.2) is 25.3 Å². The third kappa shape index (κ3) is 1.70. The van der Waals surface area contributed by atoms with E-state index in [-0.39, 0.29) is 22.9 Å². The van der Waals surface area contributed by atoms with Gasteiger partial charge in [0.2, 0.25) is 0 Å². The van der Waals surface area contributed by atoms with E-state index in [0.717, 1.165) is 6.42 Å². The zero-order valence-corrected chi connectivity index (χ0v) is 11.6. The largest absolute Gasteiger partial charge is 0.460 e. The molecular formula is C14H24O3. The molecule has 0 N–H and O–H groups in total. The maximum atomic E-state index is 11.8. The molecule has 0 aromatic heterocycles. The molecule has 0 amide bonds. The highest BCUT2D eigenvalue weighted by Gasteiger charge is 2.62. The molecule has 17 heavy (non-hydrogen) atoms. The molecule has 0 heterocycles. The van der Waals surface area contributed by atoms with Crippen molar-refractivity contribution in [3.8, 4) is 0 Å². The van der Waals surface area contributed by atoms with Gasteiger partial charge in [0, 0.05) is 12.5 Å². The van der Waals surface area contributed by atoms with Crippen LogP contribution >= 0.6 is 0 Å². The van der Waals surface area contributed by atoms with Crippen molar-refractivity contribution in [3.05, 3.63) is 0 Å². The summed E-state index contributed by atoms with van der Waals surface area (Å²) in [6, 6.07) is 0. The molecule has 0 aliphatic heterocycles. The number of methoxy groups -OCH3 is 1. The van der Waals surface area contributed by atoms with Crippen LogP contribution in [0, 0.1) is 16.7 Å². The van der Waals surface area contributed by atoms with Crippen LogP contribution in [0.4, 0.5) is 0 Å². The number of hydrogen-bond acceptors (Lipinski definition) is 3. The van der Waals surface area contributed by atoms with Crippen LogP contribution < -0.4 is 0 Å². The second-order valence-corrected chi connectivity index (χ2v) is 6.41. The summed E-state index contributed by atoms with van der Waals surface area (Å²) in [7, 11) is 1.54. The highest BCUT2D eigenvalue weighted by atomic mass is 16.6. The Balaban J connectivity index is 2.08. The Morgan fingerprint density at radius 1 is 1.35 bits per heavy atom. The zero-order chi connectivity index (χ0) is 12.8. The summed E-state index contributed by atoms with van der Waals surface area (Å²) in [6.07, 6.45) is 3.08. The highest BCUT2D eigenvalue weighted by molar-refractivity contribution is 5.74. The standard InChI is InChI=1S/C14H24O3/c1-9(16-5)12(15)17-11-8-10-6-7-14(11,4)13(10,2)3/h9-11H,6-8H2,1-5H3.